The zero-order chi connectivity index (χ0) is 29.1. The van der Waals surface area contributed by atoms with Gasteiger partial charge >= 0.3 is 0 Å². The Morgan fingerprint density at radius 3 is 2.45 bits per heavy atom. The molecular weight excluding hydrogens is 520 g/mol. The first kappa shape index (κ1) is 30.0. The van der Waals surface area contributed by atoms with Crippen LogP contribution in [0.4, 0.5) is 0 Å². The molecule has 0 aromatic heterocycles. The lowest BCUT2D eigenvalue weighted by Gasteiger charge is -2.46. The molecule has 40 heavy (non-hydrogen) atoms. The number of hydrogen-bond acceptors (Lipinski definition) is 5. The molecule has 2 N–H and O–H groups in total. The van der Waals surface area contributed by atoms with Gasteiger partial charge in [0.2, 0.25) is 0 Å². The summed E-state index contributed by atoms with van der Waals surface area (Å²) in [4.78, 5) is 0.289. The molecule has 0 heterocycles. The Labute approximate surface area is 242 Å². The molecule has 6 heteroatoms. The lowest BCUT2D eigenvalue weighted by Crippen LogP contribution is -2.46. The van der Waals surface area contributed by atoms with Gasteiger partial charge in [-0.15, -0.1) is 0 Å². The van der Waals surface area contributed by atoms with Gasteiger partial charge in [0, 0.05) is 12.5 Å². The van der Waals surface area contributed by atoms with E-state index in [4.69, 9.17) is 4.74 Å². The fourth-order valence-electron chi connectivity index (χ4n) is 9.21. The highest BCUT2D eigenvalue weighted by molar-refractivity contribution is 7.92. The van der Waals surface area contributed by atoms with E-state index in [0.29, 0.717) is 11.8 Å². The molecule has 4 aliphatic rings. The monoisotopic (exact) mass is 570 g/mol. The number of hydrogen-bond donors (Lipinski definition) is 2. The highest BCUT2D eigenvalue weighted by atomic mass is 32.2. The summed E-state index contributed by atoms with van der Waals surface area (Å²) in [5.41, 5.74) is 1.58. The van der Waals surface area contributed by atoms with Crippen molar-refractivity contribution in [3.63, 3.8) is 0 Å². The van der Waals surface area contributed by atoms with E-state index in [9.17, 15) is 18.6 Å². The summed E-state index contributed by atoms with van der Waals surface area (Å²) >= 11 is 0. The zero-order valence-electron chi connectivity index (χ0n) is 25.1. The molecule has 0 radical (unpaired) electrons. The van der Waals surface area contributed by atoms with Gasteiger partial charge in [-0.05, 0) is 113 Å². The largest absolute Gasteiger partial charge is 0.390 e. The summed E-state index contributed by atoms with van der Waals surface area (Å²) in [7, 11) is -1.89. The molecule has 0 saturated heterocycles. The number of fused-ring (bicyclic) bond motifs is 2. The van der Waals surface area contributed by atoms with Gasteiger partial charge < -0.3 is 14.9 Å². The van der Waals surface area contributed by atoms with E-state index >= 15 is 0 Å². The van der Waals surface area contributed by atoms with Gasteiger partial charge in [-0.2, -0.15) is 0 Å². The Kier molecular flexibility index (Phi) is 8.00. The summed E-state index contributed by atoms with van der Waals surface area (Å²) in [6, 6.07) is 8.62. The molecule has 1 aromatic carbocycles. The number of benzene rings is 1. The van der Waals surface area contributed by atoms with Crippen molar-refractivity contribution in [3.8, 4) is 0 Å². The van der Waals surface area contributed by atoms with Crippen molar-refractivity contribution in [2.45, 2.75) is 113 Å². The van der Waals surface area contributed by atoms with Crippen molar-refractivity contribution >= 4 is 9.84 Å². The normalized spacial score (nSPS) is 36.1. The van der Waals surface area contributed by atoms with Gasteiger partial charge in [0.05, 0.1) is 28.0 Å². The van der Waals surface area contributed by atoms with E-state index in [1.165, 1.54) is 24.0 Å². The second kappa shape index (κ2) is 10.7. The third kappa shape index (κ3) is 4.95. The molecule has 222 valence electrons. The van der Waals surface area contributed by atoms with Crippen molar-refractivity contribution in [2.24, 2.45) is 34.5 Å². The van der Waals surface area contributed by atoms with E-state index < -0.39 is 26.8 Å². The quantitative estimate of drug-likeness (QED) is 0.314. The summed E-state index contributed by atoms with van der Waals surface area (Å²) in [5, 5.41) is 20.7. The molecule has 4 aliphatic carbocycles. The highest BCUT2D eigenvalue weighted by Gasteiger charge is 2.63. The van der Waals surface area contributed by atoms with Crippen molar-refractivity contribution in [2.75, 3.05) is 7.11 Å². The average molecular weight is 571 g/mol. The van der Waals surface area contributed by atoms with E-state index in [1.807, 2.05) is 13.2 Å². The first-order valence-corrected chi connectivity index (χ1v) is 16.9. The smallest absolute Gasteiger partial charge is 0.181 e. The van der Waals surface area contributed by atoms with Crippen LogP contribution in [0.2, 0.25) is 0 Å². The van der Waals surface area contributed by atoms with E-state index in [-0.39, 0.29) is 40.1 Å². The standard InChI is InChI=1S/C34H50O5S/c1-22-14-15-25-21-34(22,25)31(39-6)19-24-11-10-18-33(5)27(16-17-28(24)33)23(2)29(20-30(35)32(3,4)36)40(37,38)26-12-8-7-9-13-26/h7-9,12-13,19,23,25,27-31,35-36H,1,10-11,14-18,20-21H2,2-6H3/b24-19+/t23-,25+,27+,28-,29+,30+,31+,33+,34-/m0/s1. The maximum absolute atomic E-state index is 14.1. The second-order valence-electron chi connectivity index (χ2n) is 14.2. The summed E-state index contributed by atoms with van der Waals surface area (Å²) < 4.78 is 34.3. The molecule has 0 amide bonds. The topological polar surface area (TPSA) is 83.8 Å². The van der Waals surface area contributed by atoms with Crippen LogP contribution in [0.3, 0.4) is 0 Å². The third-order valence-corrected chi connectivity index (χ3v) is 14.1. The number of methoxy groups -OCH3 is 1. The predicted octanol–water partition coefficient (Wildman–Crippen LogP) is 6.50. The van der Waals surface area contributed by atoms with E-state index in [1.54, 1.807) is 38.1 Å². The van der Waals surface area contributed by atoms with Crippen molar-refractivity contribution in [1.82, 2.24) is 0 Å². The molecular formula is C34H50O5S. The first-order valence-electron chi connectivity index (χ1n) is 15.4. The van der Waals surface area contributed by atoms with Crippen LogP contribution in [0.1, 0.15) is 85.5 Å². The Hall–Kier alpha value is -1.47. The van der Waals surface area contributed by atoms with Crippen LogP contribution in [0.5, 0.6) is 0 Å². The molecule has 0 bridgehead atoms. The molecule has 0 spiro atoms. The summed E-state index contributed by atoms with van der Waals surface area (Å²) in [5.74, 6) is 1.15. The predicted molar refractivity (Wildman–Crippen MR) is 159 cm³/mol. The molecule has 4 saturated carbocycles. The number of aliphatic hydroxyl groups is 2. The second-order valence-corrected chi connectivity index (χ2v) is 16.4. The summed E-state index contributed by atoms with van der Waals surface area (Å²) in [6.07, 6.45) is 10.2. The van der Waals surface area contributed by atoms with Crippen LogP contribution >= 0.6 is 0 Å². The minimum Gasteiger partial charge on any atom is -0.390 e. The van der Waals surface area contributed by atoms with Crippen molar-refractivity contribution in [1.29, 1.82) is 0 Å². The third-order valence-electron chi connectivity index (χ3n) is 11.7. The van der Waals surface area contributed by atoms with Crippen LogP contribution in [0.15, 0.2) is 59.0 Å². The van der Waals surface area contributed by atoms with Crippen LogP contribution in [-0.4, -0.2) is 48.8 Å². The Morgan fingerprint density at radius 2 is 1.88 bits per heavy atom. The SMILES string of the molecule is C=C1CC[C@@H]2C[C@]12[C@@H](/C=C1\CCC[C@]2(C)[C@@H]([C@H](C)[C@@H](C[C@@H](O)C(C)(C)O)S(=O)(=O)c3ccccc3)CC[C@@H]12)OC. The van der Waals surface area contributed by atoms with Gasteiger partial charge in [0.15, 0.2) is 9.84 Å². The molecule has 1 aromatic rings. The van der Waals surface area contributed by atoms with Crippen LogP contribution in [0, 0.1) is 34.5 Å². The van der Waals surface area contributed by atoms with Crippen molar-refractivity contribution < 1.29 is 23.4 Å². The Balaban J connectivity index is 1.45. The van der Waals surface area contributed by atoms with Gasteiger partial charge in [0.1, 0.15) is 0 Å². The maximum Gasteiger partial charge on any atom is 0.181 e. The maximum atomic E-state index is 14.1. The minimum atomic E-state index is -3.73. The van der Waals surface area contributed by atoms with E-state index in [0.717, 1.165) is 38.5 Å². The van der Waals surface area contributed by atoms with Gasteiger partial charge in [-0.25, -0.2) is 8.42 Å². The first-order chi connectivity index (χ1) is 18.8. The van der Waals surface area contributed by atoms with Gasteiger partial charge in [-0.1, -0.05) is 55.8 Å². The number of ether oxygens (including phenoxy) is 1. The number of sulfone groups is 1. The average Bonchev–Trinajstić information content (AvgIpc) is 3.41. The van der Waals surface area contributed by atoms with Crippen LogP contribution in [-0.2, 0) is 14.6 Å². The van der Waals surface area contributed by atoms with Crippen LogP contribution in [0.25, 0.3) is 0 Å². The molecule has 9 atom stereocenters. The Morgan fingerprint density at radius 1 is 1.18 bits per heavy atom. The van der Waals surface area contributed by atoms with Gasteiger partial charge in [-0.3, -0.25) is 0 Å². The molecule has 5 nitrogen and oxygen atoms in total. The van der Waals surface area contributed by atoms with Gasteiger partial charge in [0.25, 0.3) is 0 Å². The van der Waals surface area contributed by atoms with Crippen LogP contribution < -0.4 is 0 Å². The molecule has 0 aliphatic heterocycles. The Bertz CT molecular complexity index is 1230. The molecule has 4 fully saturated rings. The fourth-order valence-corrected chi connectivity index (χ4v) is 11.3. The highest BCUT2D eigenvalue weighted by Crippen LogP contribution is 2.69. The minimum absolute atomic E-state index is 0.0135. The van der Waals surface area contributed by atoms with Crippen molar-refractivity contribution in [3.05, 3.63) is 54.1 Å². The van der Waals surface area contributed by atoms with E-state index in [2.05, 4.69) is 26.5 Å². The molecule has 0 unspecified atom stereocenters. The molecule has 5 rings (SSSR count). The fraction of sp³-hybridized carbons (Fsp3) is 0.706. The summed E-state index contributed by atoms with van der Waals surface area (Å²) in [6.45, 7) is 12.0. The number of aliphatic hydroxyl groups excluding tert-OH is 1. The lowest BCUT2D eigenvalue weighted by atomic mass is 9.60. The zero-order valence-corrected chi connectivity index (χ0v) is 25.9. The number of allylic oxidation sites excluding steroid dienone is 1. The number of rotatable bonds is 10. The lowest BCUT2D eigenvalue weighted by molar-refractivity contribution is -0.0547.